The molecule has 1 aliphatic carbocycles. The summed E-state index contributed by atoms with van der Waals surface area (Å²) in [5.74, 6) is -0.548. The molecule has 28 heavy (non-hydrogen) atoms. The van der Waals surface area contributed by atoms with Crippen molar-refractivity contribution in [2.45, 2.75) is 30.2 Å². The van der Waals surface area contributed by atoms with Gasteiger partial charge in [0, 0.05) is 30.3 Å². The molecule has 1 aliphatic rings. The van der Waals surface area contributed by atoms with Crippen molar-refractivity contribution in [3.63, 3.8) is 0 Å². The van der Waals surface area contributed by atoms with Crippen LogP contribution in [0.2, 0.25) is 5.02 Å². The van der Waals surface area contributed by atoms with Gasteiger partial charge in [-0.05, 0) is 43.2 Å². The summed E-state index contributed by atoms with van der Waals surface area (Å²) in [7, 11) is -3.80. The van der Waals surface area contributed by atoms with Crippen molar-refractivity contribution < 1.29 is 18.0 Å². The van der Waals surface area contributed by atoms with Gasteiger partial charge in [-0.15, -0.1) is 0 Å². The Hall–Kier alpha value is -2.42. The van der Waals surface area contributed by atoms with Crippen LogP contribution in [-0.2, 0) is 14.8 Å². The van der Waals surface area contributed by atoms with Gasteiger partial charge in [-0.1, -0.05) is 29.8 Å². The zero-order chi connectivity index (χ0) is 20.1. The zero-order valence-electron chi connectivity index (χ0n) is 14.9. The maximum Gasteiger partial charge on any atom is 0.251 e. The molecule has 0 unspecified atom stereocenters. The van der Waals surface area contributed by atoms with Crippen molar-refractivity contribution in [3.05, 3.63) is 59.1 Å². The summed E-state index contributed by atoms with van der Waals surface area (Å²) in [5.41, 5.74) is 0.937. The van der Waals surface area contributed by atoms with Gasteiger partial charge in [0.1, 0.15) is 4.90 Å². The number of amides is 2. The van der Waals surface area contributed by atoms with E-state index < -0.39 is 10.0 Å². The molecule has 3 rings (SSSR count). The zero-order valence-corrected chi connectivity index (χ0v) is 16.5. The number of carbonyl (C=O) groups excluding carboxylic acids is 2. The highest BCUT2D eigenvalue weighted by atomic mass is 35.5. The summed E-state index contributed by atoms with van der Waals surface area (Å²) in [6.07, 6.45) is 1.92. The lowest BCUT2D eigenvalue weighted by Crippen LogP contribution is -2.28. The molecule has 0 heterocycles. The first-order valence-corrected chi connectivity index (χ1v) is 10.7. The Morgan fingerprint density at radius 3 is 2.54 bits per heavy atom. The fourth-order valence-corrected chi connectivity index (χ4v) is 4.05. The Bertz CT molecular complexity index is 990. The molecule has 2 amide bonds. The van der Waals surface area contributed by atoms with Crippen LogP contribution in [0.3, 0.4) is 0 Å². The summed E-state index contributed by atoms with van der Waals surface area (Å²) in [4.78, 5) is 24.1. The van der Waals surface area contributed by atoms with Crippen molar-refractivity contribution >= 4 is 39.1 Å². The SMILES string of the molecule is O=C(CCNS(=O)(=O)c1ccccc1Cl)Nc1cccc(C(=O)NC2CC2)c1. The van der Waals surface area contributed by atoms with Gasteiger partial charge in [0.25, 0.3) is 5.91 Å². The van der Waals surface area contributed by atoms with E-state index in [2.05, 4.69) is 15.4 Å². The predicted molar refractivity (Wildman–Crippen MR) is 107 cm³/mol. The van der Waals surface area contributed by atoms with E-state index in [4.69, 9.17) is 11.6 Å². The lowest BCUT2D eigenvalue weighted by atomic mass is 10.2. The van der Waals surface area contributed by atoms with Crippen LogP contribution >= 0.6 is 11.6 Å². The summed E-state index contributed by atoms with van der Waals surface area (Å²) >= 11 is 5.90. The average Bonchev–Trinajstić information content (AvgIpc) is 3.46. The first-order valence-electron chi connectivity index (χ1n) is 8.80. The second-order valence-corrected chi connectivity index (χ2v) is 8.60. The van der Waals surface area contributed by atoms with Crippen LogP contribution in [0.25, 0.3) is 0 Å². The molecule has 0 spiro atoms. The van der Waals surface area contributed by atoms with Gasteiger partial charge in [-0.3, -0.25) is 9.59 Å². The number of carbonyl (C=O) groups is 2. The minimum absolute atomic E-state index is 0.0357. The molecule has 2 aromatic carbocycles. The number of nitrogens with one attached hydrogen (secondary N) is 3. The fraction of sp³-hybridized carbons (Fsp3) is 0.263. The van der Waals surface area contributed by atoms with Crippen molar-refractivity contribution in [2.24, 2.45) is 0 Å². The number of rotatable bonds is 8. The number of halogens is 1. The van der Waals surface area contributed by atoms with E-state index in [-0.39, 0.29) is 40.7 Å². The topological polar surface area (TPSA) is 104 Å². The van der Waals surface area contributed by atoms with Crippen molar-refractivity contribution in [3.8, 4) is 0 Å². The fourth-order valence-electron chi connectivity index (χ4n) is 2.50. The number of sulfonamides is 1. The van der Waals surface area contributed by atoms with Crippen LogP contribution < -0.4 is 15.4 Å². The average molecular weight is 422 g/mol. The normalized spacial score (nSPS) is 13.8. The number of anilines is 1. The van der Waals surface area contributed by atoms with E-state index in [0.29, 0.717) is 11.3 Å². The molecule has 0 aliphatic heterocycles. The Labute approximate surface area is 168 Å². The number of hydrogen-bond acceptors (Lipinski definition) is 4. The van der Waals surface area contributed by atoms with Gasteiger partial charge >= 0.3 is 0 Å². The molecular formula is C19H20ClN3O4S. The summed E-state index contributed by atoms with van der Waals surface area (Å²) in [6, 6.07) is 12.9. The van der Waals surface area contributed by atoms with E-state index in [9.17, 15) is 18.0 Å². The van der Waals surface area contributed by atoms with Crippen LogP contribution in [0.5, 0.6) is 0 Å². The number of benzene rings is 2. The van der Waals surface area contributed by atoms with E-state index in [1.807, 2.05) is 0 Å². The van der Waals surface area contributed by atoms with Gasteiger partial charge in [-0.2, -0.15) is 0 Å². The molecule has 3 N–H and O–H groups in total. The first kappa shape index (κ1) is 20.3. The van der Waals surface area contributed by atoms with Crippen LogP contribution in [0, 0.1) is 0 Å². The molecule has 148 valence electrons. The molecule has 7 nitrogen and oxygen atoms in total. The van der Waals surface area contributed by atoms with Crippen LogP contribution in [0.1, 0.15) is 29.6 Å². The number of hydrogen-bond donors (Lipinski definition) is 3. The highest BCUT2D eigenvalue weighted by molar-refractivity contribution is 7.89. The lowest BCUT2D eigenvalue weighted by molar-refractivity contribution is -0.116. The smallest absolute Gasteiger partial charge is 0.251 e. The summed E-state index contributed by atoms with van der Waals surface area (Å²) in [6.45, 7) is -0.0821. The van der Waals surface area contributed by atoms with E-state index in [0.717, 1.165) is 12.8 Å². The molecular weight excluding hydrogens is 402 g/mol. The van der Waals surface area contributed by atoms with Crippen molar-refractivity contribution in [2.75, 3.05) is 11.9 Å². The van der Waals surface area contributed by atoms with Gasteiger partial charge in [0.05, 0.1) is 5.02 Å². The van der Waals surface area contributed by atoms with Crippen LogP contribution in [-0.4, -0.2) is 32.8 Å². The molecule has 1 saturated carbocycles. The third kappa shape index (κ3) is 5.54. The van der Waals surface area contributed by atoms with Gasteiger partial charge in [0.2, 0.25) is 15.9 Å². The lowest BCUT2D eigenvalue weighted by Gasteiger charge is -2.10. The maximum absolute atomic E-state index is 12.2. The third-order valence-corrected chi connectivity index (χ3v) is 6.05. The predicted octanol–water partition coefficient (Wildman–Crippen LogP) is 2.54. The molecule has 9 heteroatoms. The maximum atomic E-state index is 12.2. The van der Waals surface area contributed by atoms with Crippen molar-refractivity contribution in [1.82, 2.24) is 10.0 Å². The van der Waals surface area contributed by atoms with Crippen molar-refractivity contribution in [1.29, 1.82) is 0 Å². The molecule has 0 bridgehead atoms. The molecule has 0 aromatic heterocycles. The minimum atomic E-state index is -3.80. The molecule has 1 fully saturated rings. The van der Waals surface area contributed by atoms with Gasteiger partial charge in [0.15, 0.2) is 0 Å². The quantitative estimate of drug-likeness (QED) is 0.609. The molecule has 0 radical (unpaired) electrons. The molecule has 0 atom stereocenters. The Balaban J connectivity index is 1.52. The Morgan fingerprint density at radius 1 is 1.07 bits per heavy atom. The monoisotopic (exact) mass is 421 g/mol. The largest absolute Gasteiger partial charge is 0.349 e. The minimum Gasteiger partial charge on any atom is -0.349 e. The van der Waals surface area contributed by atoms with E-state index in [1.165, 1.54) is 12.1 Å². The highest BCUT2D eigenvalue weighted by Gasteiger charge is 2.24. The van der Waals surface area contributed by atoms with E-state index >= 15 is 0 Å². The third-order valence-electron chi connectivity index (χ3n) is 4.09. The van der Waals surface area contributed by atoms with Gasteiger partial charge < -0.3 is 10.6 Å². The molecule has 0 saturated heterocycles. The first-order chi connectivity index (χ1) is 13.3. The summed E-state index contributed by atoms with van der Waals surface area (Å²) in [5, 5.41) is 5.66. The second kappa shape index (κ2) is 8.72. The van der Waals surface area contributed by atoms with Gasteiger partial charge in [-0.25, -0.2) is 13.1 Å². The highest BCUT2D eigenvalue weighted by Crippen LogP contribution is 2.21. The van der Waals surface area contributed by atoms with Crippen LogP contribution in [0.4, 0.5) is 5.69 Å². The van der Waals surface area contributed by atoms with Crippen LogP contribution in [0.15, 0.2) is 53.4 Å². The molecule has 2 aromatic rings. The Morgan fingerprint density at radius 2 is 1.82 bits per heavy atom. The van der Waals surface area contributed by atoms with E-state index in [1.54, 1.807) is 36.4 Å². The standard InChI is InChI=1S/C19H20ClN3O4S/c20-16-6-1-2-7-17(16)28(26,27)21-11-10-18(24)22-15-5-3-4-13(12-15)19(25)23-14-8-9-14/h1-7,12,14,21H,8-11H2,(H,22,24)(H,23,25). The Kier molecular flexibility index (Phi) is 6.33. The second-order valence-electron chi connectivity index (χ2n) is 6.45. The summed E-state index contributed by atoms with van der Waals surface area (Å²) < 4.78 is 26.8.